The molecule has 0 bridgehead atoms. The van der Waals surface area contributed by atoms with Crippen LogP contribution in [0.15, 0.2) is 16.9 Å². The second kappa shape index (κ2) is 7.53. The fourth-order valence-corrected chi connectivity index (χ4v) is 5.36. The molecule has 1 spiro atoms. The summed E-state index contributed by atoms with van der Waals surface area (Å²) in [6.45, 7) is 0.991. The van der Waals surface area contributed by atoms with Gasteiger partial charge in [-0.3, -0.25) is 19.4 Å². The van der Waals surface area contributed by atoms with Gasteiger partial charge in [-0.1, -0.05) is 0 Å². The number of nitrogens with two attached hydrogens (primary N) is 1. The largest absolute Gasteiger partial charge is 0.368 e. The Hall–Kier alpha value is -3.50. The molecule has 1 fully saturated rings. The van der Waals surface area contributed by atoms with E-state index in [1.54, 1.807) is 0 Å². The van der Waals surface area contributed by atoms with Gasteiger partial charge in [0.1, 0.15) is 24.0 Å². The fourth-order valence-electron chi connectivity index (χ4n) is 5.36. The van der Waals surface area contributed by atoms with Crippen LogP contribution in [0.1, 0.15) is 30.4 Å². The average molecular weight is 458 g/mol. The van der Waals surface area contributed by atoms with Crippen molar-refractivity contribution in [3.63, 3.8) is 0 Å². The van der Waals surface area contributed by atoms with Crippen molar-refractivity contribution in [1.29, 1.82) is 0 Å². The summed E-state index contributed by atoms with van der Waals surface area (Å²) in [5.41, 5.74) is 4.68. The molecular weight excluding hydrogens is 434 g/mol. The van der Waals surface area contributed by atoms with Gasteiger partial charge in [-0.2, -0.15) is 4.98 Å². The van der Waals surface area contributed by atoms with E-state index < -0.39 is 35.4 Å². The zero-order valence-corrected chi connectivity index (χ0v) is 18.2. The first kappa shape index (κ1) is 21.4. The number of hydrogen-bond acceptors (Lipinski definition) is 6. The van der Waals surface area contributed by atoms with E-state index in [2.05, 4.69) is 9.97 Å². The first-order chi connectivity index (χ1) is 15.7. The fraction of sp³-hybridized carbons (Fsp3) is 0.455. The van der Waals surface area contributed by atoms with E-state index in [-0.39, 0.29) is 29.7 Å². The molecule has 3 N–H and O–H groups in total. The number of rotatable bonds is 3. The van der Waals surface area contributed by atoms with E-state index in [0.29, 0.717) is 36.8 Å². The molecule has 174 valence electrons. The van der Waals surface area contributed by atoms with Gasteiger partial charge in [-0.15, -0.1) is 0 Å². The molecule has 33 heavy (non-hydrogen) atoms. The third-order valence-corrected chi connectivity index (χ3v) is 6.95. The Bertz CT molecular complexity index is 1220. The SMILES string of the molecule is CN1CCCc2c1nc(N1CCC3(CC1)C(=O)N(CC(N)=O)c1cc(F)cc(F)c13)[nH]c2=O. The lowest BCUT2D eigenvalue weighted by molar-refractivity contribution is -0.126. The second-order valence-electron chi connectivity index (χ2n) is 8.93. The van der Waals surface area contributed by atoms with Crippen LogP contribution < -0.4 is 26.0 Å². The van der Waals surface area contributed by atoms with E-state index >= 15 is 0 Å². The number of hydrogen-bond donors (Lipinski definition) is 2. The van der Waals surface area contributed by atoms with Crippen molar-refractivity contribution in [1.82, 2.24) is 9.97 Å². The molecule has 0 aliphatic carbocycles. The van der Waals surface area contributed by atoms with Crippen LogP contribution in [-0.4, -0.2) is 55.0 Å². The van der Waals surface area contributed by atoms with Gasteiger partial charge in [0.15, 0.2) is 0 Å². The van der Waals surface area contributed by atoms with Gasteiger partial charge < -0.3 is 20.4 Å². The van der Waals surface area contributed by atoms with Crippen LogP contribution in [0.4, 0.5) is 26.2 Å². The van der Waals surface area contributed by atoms with Crippen molar-refractivity contribution in [3.8, 4) is 0 Å². The number of fused-ring (bicyclic) bond motifs is 3. The van der Waals surface area contributed by atoms with Gasteiger partial charge in [0, 0.05) is 38.3 Å². The minimum Gasteiger partial charge on any atom is -0.368 e. The summed E-state index contributed by atoms with van der Waals surface area (Å²) in [5, 5.41) is 0. The first-order valence-corrected chi connectivity index (χ1v) is 10.9. The lowest BCUT2D eigenvalue weighted by Gasteiger charge is -2.39. The van der Waals surface area contributed by atoms with Crippen LogP contribution >= 0.6 is 0 Å². The number of carbonyl (C=O) groups is 2. The molecule has 1 aromatic heterocycles. The van der Waals surface area contributed by atoms with E-state index in [4.69, 9.17) is 5.73 Å². The summed E-state index contributed by atoms with van der Waals surface area (Å²) in [6, 6.07) is 1.82. The van der Waals surface area contributed by atoms with Gasteiger partial charge in [0.2, 0.25) is 17.8 Å². The van der Waals surface area contributed by atoms with Gasteiger partial charge in [0.25, 0.3) is 5.56 Å². The summed E-state index contributed by atoms with van der Waals surface area (Å²) in [6.07, 6.45) is 1.98. The smallest absolute Gasteiger partial charge is 0.257 e. The maximum Gasteiger partial charge on any atom is 0.257 e. The number of anilines is 3. The number of benzene rings is 1. The van der Waals surface area contributed by atoms with Crippen molar-refractivity contribution in [2.75, 3.05) is 47.9 Å². The van der Waals surface area contributed by atoms with E-state index in [0.717, 1.165) is 30.0 Å². The van der Waals surface area contributed by atoms with E-state index in [9.17, 15) is 23.2 Å². The van der Waals surface area contributed by atoms with Crippen LogP contribution in [0.2, 0.25) is 0 Å². The Balaban J connectivity index is 1.48. The number of carbonyl (C=O) groups excluding carboxylic acids is 2. The zero-order chi connectivity index (χ0) is 23.5. The van der Waals surface area contributed by atoms with Gasteiger partial charge >= 0.3 is 0 Å². The molecular formula is C22H24F2N6O3. The maximum absolute atomic E-state index is 15.0. The number of aromatic amines is 1. The molecule has 1 saturated heterocycles. The predicted molar refractivity (Wildman–Crippen MR) is 117 cm³/mol. The number of H-pyrrole nitrogens is 1. The van der Waals surface area contributed by atoms with Crippen molar-refractivity contribution in [2.24, 2.45) is 5.73 Å². The Labute approximate surface area is 188 Å². The van der Waals surface area contributed by atoms with Crippen LogP contribution in [0.5, 0.6) is 0 Å². The number of halogens is 2. The van der Waals surface area contributed by atoms with Crippen LogP contribution in [-0.2, 0) is 21.4 Å². The van der Waals surface area contributed by atoms with Crippen molar-refractivity contribution >= 4 is 29.3 Å². The van der Waals surface area contributed by atoms with Crippen LogP contribution in [0, 0.1) is 11.6 Å². The predicted octanol–water partition coefficient (Wildman–Crippen LogP) is 0.801. The molecule has 1 aromatic carbocycles. The highest BCUT2D eigenvalue weighted by molar-refractivity contribution is 6.10. The Morgan fingerprint density at radius 3 is 2.64 bits per heavy atom. The minimum absolute atomic E-state index is 0.0479. The van der Waals surface area contributed by atoms with E-state index in [1.165, 1.54) is 0 Å². The summed E-state index contributed by atoms with van der Waals surface area (Å²) < 4.78 is 28.9. The van der Waals surface area contributed by atoms with Crippen molar-refractivity contribution in [2.45, 2.75) is 31.1 Å². The number of aromatic nitrogens is 2. The number of nitrogens with zero attached hydrogens (tertiary/aromatic N) is 4. The quantitative estimate of drug-likeness (QED) is 0.703. The Morgan fingerprint density at radius 1 is 1.21 bits per heavy atom. The number of amides is 2. The summed E-state index contributed by atoms with van der Waals surface area (Å²) in [4.78, 5) is 50.0. The molecule has 0 atom stereocenters. The van der Waals surface area contributed by atoms with Gasteiger partial charge in [0.05, 0.1) is 16.7 Å². The molecule has 0 saturated carbocycles. The Kier molecular flexibility index (Phi) is 4.87. The second-order valence-corrected chi connectivity index (χ2v) is 8.93. The lowest BCUT2D eigenvalue weighted by atomic mass is 9.73. The molecule has 2 amide bonds. The van der Waals surface area contributed by atoms with E-state index in [1.807, 2.05) is 16.8 Å². The molecule has 11 heteroatoms. The summed E-state index contributed by atoms with van der Waals surface area (Å²) >= 11 is 0. The molecule has 9 nitrogen and oxygen atoms in total. The monoisotopic (exact) mass is 458 g/mol. The van der Waals surface area contributed by atoms with Gasteiger partial charge in [-0.25, -0.2) is 8.78 Å². The lowest BCUT2D eigenvalue weighted by Crippen LogP contribution is -2.50. The highest BCUT2D eigenvalue weighted by Crippen LogP contribution is 2.49. The molecule has 5 rings (SSSR count). The normalized spacial score (nSPS) is 19.1. The third kappa shape index (κ3) is 3.25. The number of piperidine rings is 1. The maximum atomic E-state index is 15.0. The molecule has 0 radical (unpaired) electrons. The van der Waals surface area contributed by atoms with Gasteiger partial charge in [-0.05, 0) is 31.7 Å². The summed E-state index contributed by atoms with van der Waals surface area (Å²) in [7, 11) is 1.89. The molecule has 4 heterocycles. The van der Waals surface area contributed by atoms with Crippen molar-refractivity contribution < 1.29 is 18.4 Å². The third-order valence-electron chi connectivity index (χ3n) is 6.95. The highest BCUT2D eigenvalue weighted by Gasteiger charge is 2.54. The summed E-state index contributed by atoms with van der Waals surface area (Å²) in [5.74, 6) is -1.83. The van der Waals surface area contributed by atoms with Crippen molar-refractivity contribution in [3.05, 3.63) is 45.2 Å². The molecule has 0 unspecified atom stereocenters. The molecule has 3 aliphatic rings. The zero-order valence-electron chi connectivity index (χ0n) is 18.2. The standard InChI is InChI=1S/C22H24F2N6O3/c1-28-6-2-3-13-18(28)26-21(27-19(13)32)29-7-4-22(5-8-29)17-14(24)9-12(23)10-15(17)30(20(22)33)11-16(25)31/h9-10H,2-8,11H2,1H3,(H2,25,31)(H,26,27,32). The van der Waals surface area contributed by atoms with Crippen LogP contribution in [0.25, 0.3) is 0 Å². The topological polar surface area (TPSA) is 116 Å². The molecule has 2 aromatic rings. The minimum atomic E-state index is -1.23. The highest BCUT2D eigenvalue weighted by atomic mass is 19.1. The average Bonchev–Trinajstić information content (AvgIpc) is 2.97. The first-order valence-electron chi connectivity index (χ1n) is 10.9. The van der Waals surface area contributed by atoms with Crippen LogP contribution in [0.3, 0.4) is 0 Å². The number of nitrogens with one attached hydrogen (secondary N) is 1. The Morgan fingerprint density at radius 2 is 1.94 bits per heavy atom. The number of primary amides is 1. The molecule has 3 aliphatic heterocycles.